The highest BCUT2D eigenvalue weighted by Crippen LogP contribution is 2.18. The van der Waals surface area contributed by atoms with Gasteiger partial charge in [0.2, 0.25) is 0 Å². The van der Waals surface area contributed by atoms with Gasteiger partial charge in [-0.2, -0.15) is 0 Å². The van der Waals surface area contributed by atoms with Crippen LogP contribution < -0.4 is 4.74 Å². The Morgan fingerprint density at radius 3 is 2.52 bits per heavy atom. The van der Waals surface area contributed by atoms with Crippen molar-refractivity contribution in [1.29, 1.82) is 0 Å². The van der Waals surface area contributed by atoms with Crippen LogP contribution in [0.2, 0.25) is 0 Å². The van der Waals surface area contributed by atoms with Crippen molar-refractivity contribution >= 4 is 0 Å². The molecule has 2 N–H and O–H groups in total. The maximum absolute atomic E-state index is 10.1. The van der Waals surface area contributed by atoms with Crippen molar-refractivity contribution in [3.05, 3.63) is 29.8 Å². The molecule has 0 bridgehead atoms. The summed E-state index contributed by atoms with van der Waals surface area (Å²) in [7, 11) is 1.64. The summed E-state index contributed by atoms with van der Waals surface area (Å²) in [6, 6.07) is 7.74. The maximum Gasteiger partial charge on any atom is 0.124 e. The fourth-order valence-electron chi connectivity index (χ4n) is 2.81. The molecule has 0 radical (unpaired) electrons. The molecule has 1 atom stereocenters. The number of piperazine rings is 1. The fraction of sp³-hybridized carbons (Fsp3) is 0.647. The molecule has 1 fully saturated rings. The lowest BCUT2D eigenvalue weighted by Gasteiger charge is -2.35. The Balaban J connectivity index is 1.65. The summed E-state index contributed by atoms with van der Waals surface area (Å²) in [5.41, 5.74) is 0.986. The monoisotopic (exact) mass is 324 g/mol. The zero-order valence-electron chi connectivity index (χ0n) is 13.9. The van der Waals surface area contributed by atoms with Gasteiger partial charge >= 0.3 is 0 Å². The van der Waals surface area contributed by atoms with Crippen LogP contribution in [-0.2, 0) is 11.3 Å². The van der Waals surface area contributed by atoms with E-state index in [1.54, 1.807) is 7.11 Å². The van der Waals surface area contributed by atoms with Crippen molar-refractivity contribution in [3.8, 4) is 5.75 Å². The van der Waals surface area contributed by atoms with Gasteiger partial charge in [-0.15, -0.1) is 0 Å². The topological polar surface area (TPSA) is 65.4 Å². The molecule has 0 saturated carbocycles. The number of ether oxygens (including phenoxy) is 2. The number of aliphatic hydroxyl groups is 2. The van der Waals surface area contributed by atoms with Crippen molar-refractivity contribution in [1.82, 2.24) is 9.80 Å². The highest BCUT2D eigenvalue weighted by atomic mass is 16.5. The SMILES string of the molecule is COc1ccccc1COC[C@H](O)CN1CCN(CCO)CC1. The van der Waals surface area contributed by atoms with Gasteiger partial charge in [0.25, 0.3) is 0 Å². The lowest BCUT2D eigenvalue weighted by Crippen LogP contribution is -2.49. The number of para-hydroxylation sites is 1. The smallest absolute Gasteiger partial charge is 0.124 e. The molecule has 1 aromatic carbocycles. The quantitative estimate of drug-likeness (QED) is 0.676. The summed E-state index contributed by atoms with van der Waals surface area (Å²) in [5.74, 6) is 0.807. The molecule has 1 heterocycles. The largest absolute Gasteiger partial charge is 0.496 e. The molecule has 0 aliphatic carbocycles. The zero-order chi connectivity index (χ0) is 16.5. The van der Waals surface area contributed by atoms with Crippen LogP contribution in [0, 0.1) is 0 Å². The first-order valence-corrected chi connectivity index (χ1v) is 8.16. The summed E-state index contributed by atoms with van der Waals surface area (Å²) in [6.07, 6.45) is -0.492. The van der Waals surface area contributed by atoms with Crippen LogP contribution in [0.3, 0.4) is 0 Å². The maximum atomic E-state index is 10.1. The standard InChI is InChI=1S/C17H28N2O4/c1-22-17-5-3-2-4-15(17)13-23-14-16(21)12-19-8-6-18(7-9-19)10-11-20/h2-5,16,20-21H,6-14H2,1H3/t16-/m1/s1. The normalized spacial score (nSPS) is 18.0. The van der Waals surface area contributed by atoms with Gasteiger partial charge in [0.05, 0.1) is 33.0 Å². The third-order valence-corrected chi connectivity index (χ3v) is 4.11. The second-order valence-corrected chi connectivity index (χ2v) is 5.85. The molecule has 2 rings (SSSR count). The summed E-state index contributed by atoms with van der Waals surface area (Å²) in [5, 5.41) is 19.1. The van der Waals surface area contributed by atoms with E-state index >= 15 is 0 Å². The molecule has 6 heteroatoms. The van der Waals surface area contributed by atoms with Gasteiger partial charge in [-0.25, -0.2) is 0 Å². The Kier molecular flexibility index (Phi) is 7.78. The third-order valence-electron chi connectivity index (χ3n) is 4.11. The van der Waals surface area contributed by atoms with E-state index in [9.17, 15) is 5.11 Å². The second-order valence-electron chi connectivity index (χ2n) is 5.85. The fourth-order valence-corrected chi connectivity index (χ4v) is 2.81. The van der Waals surface area contributed by atoms with Crippen LogP contribution in [0.5, 0.6) is 5.75 Å². The molecule has 130 valence electrons. The van der Waals surface area contributed by atoms with E-state index in [2.05, 4.69) is 9.80 Å². The number of hydrogen-bond acceptors (Lipinski definition) is 6. The second kappa shape index (κ2) is 9.85. The summed E-state index contributed by atoms with van der Waals surface area (Å²) in [6.45, 7) is 6.04. The Morgan fingerprint density at radius 2 is 1.83 bits per heavy atom. The first-order chi connectivity index (χ1) is 11.2. The van der Waals surface area contributed by atoms with E-state index in [4.69, 9.17) is 14.6 Å². The van der Waals surface area contributed by atoms with Crippen molar-refractivity contribution in [3.63, 3.8) is 0 Å². The number of β-amino-alcohol motifs (C(OH)–C–C–N with tert-alkyl or cyclic N) is 2. The van der Waals surface area contributed by atoms with Crippen LogP contribution >= 0.6 is 0 Å². The Labute approximate surface area is 138 Å². The highest BCUT2D eigenvalue weighted by molar-refractivity contribution is 5.32. The van der Waals surface area contributed by atoms with Crippen LogP contribution in [-0.4, -0.2) is 85.7 Å². The summed E-state index contributed by atoms with van der Waals surface area (Å²) in [4.78, 5) is 4.48. The zero-order valence-corrected chi connectivity index (χ0v) is 13.9. The first-order valence-electron chi connectivity index (χ1n) is 8.16. The van der Waals surface area contributed by atoms with Gasteiger partial charge in [0.15, 0.2) is 0 Å². The van der Waals surface area contributed by atoms with Gasteiger partial charge in [-0.3, -0.25) is 9.80 Å². The van der Waals surface area contributed by atoms with Crippen molar-refractivity contribution in [2.75, 3.05) is 59.6 Å². The van der Waals surface area contributed by atoms with Crippen LogP contribution in [0.25, 0.3) is 0 Å². The van der Waals surface area contributed by atoms with Crippen LogP contribution in [0.1, 0.15) is 5.56 Å². The first kappa shape index (κ1) is 18.2. The predicted octanol–water partition coefficient (Wildman–Crippen LogP) is 0.183. The van der Waals surface area contributed by atoms with E-state index in [0.717, 1.165) is 44.0 Å². The average molecular weight is 324 g/mol. The van der Waals surface area contributed by atoms with E-state index < -0.39 is 6.10 Å². The van der Waals surface area contributed by atoms with Gasteiger partial charge in [0, 0.05) is 44.8 Å². The average Bonchev–Trinajstić information content (AvgIpc) is 2.57. The van der Waals surface area contributed by atoms with Crippen molar-refractivity contribution in [2.45, 2.75) is 12.7 Å². The van der Waals surface area contributed by atoms with Crippen molar-refractivity contribution in [2.24, 2.45) is 0 Å². The minimum atomic E-state index is -0.492. The number of rotatable bonds is 9. The Morgan fingerprint density at radius 1 is 1.13 bits per heavy atom. The molecule has 0 spiro atoms. The van der Waals surface area contributed by atoms with Crippen LogP contribution in [0.15, 0.2) is 24.3 Å². The highest BCUT2D eigenvalue weighted by Gasteiger charge is 2.18. The number of benzene rings is 1. The van der Waals surface area contributed by atoms with E-state index in [-0.39, 0.29) is 6.61 Å². The molecule has 1 aliphatic heterocycles. The molecule has 0 aromatic heterocycles. The minimum absolute atomic E-state index is 0.208. The molecule has 23 heavy (non-hydrogen) atoms. The van der Waals surface area contributed by atoms with Gasteiger partial charge < -0.3 is 19.7 Å². The van der Waals surface area contributed by atoms with Crippen molar-refractivity contribution < 1.29 is 19.7 Å². The molecule has 6 nitrogen and oxygen atoms in total. The lowest BCUT2D eigenvalue weighted by atomic mass is 10.2. The van der Waals surface area contributed by atoms with E-state index in [1.807, 2.05) is 24.3 Å². The summed E-state index contributed by atoms with van der Waals surface area (Å²) >= 11 is 0. The van der Waals surface area contributed by atoms with Gasteiger partial charge in [0.1, 0.15) is 5.75 Å². The minimum Gasteiger partial charge on any atom is -0.496 e. The Bertz CT molecular complexity index is 450. The number of nitrogens with zero attached hydrogens (tertiary/aromatic N) is 2. The Hall–Kier alpha value is -1.18. The third kappa shape index (κ3) is 6.08. The number of methoxy groups -OCH3 is 1. The number of hydrogen-bond donors (Lipinski definition) is 2. The molecular weight excluding hydrogens is 296 g/mol. The van der Waals surface area contributed by atoms with E-state index in [1.165, 1.54) is 0 Å². The van der Waals surface area contributed by atoms with Gasteiger partial charge in [-0.05, 0) is 6.07 Å². The van der Waals surface area contributed by atoms with Gasteiger partial charge in [-0.1, -0.05) is 18.2 Å². The molecule has 1 aliphatic rings. The molecule has 0 unspecified atom stereocenters. The molecule has 1 saturated heterocycles. The number of aliphatic hydroxyl groups excluding tert-OH is 2. The van der Waals surface area contributed by atoms with E-state index in [0.29, 0.717) is 19.8 Å². The lowest BCUT2D eigenvalue weighted by molar-refractivity contribution is 0.000134. The van der Waals surface area contributed by atoms with Crippen LogP contribution in [0.4, 0.5) is 0 Å². The molecular formula is C17H28N2O4. The molecule has 0 amide bonds. The summed E-state index contributed by atoms with van der Waals surface area (Å²) < 4.78 is 10.9. The molecule has 1 aromatic rings. The predicted molar refractivity (Wildman–Crippen MR) is 88.6 cm³/mol.